The molecule has 6 nitrogen and oxygen atoms in total. The zero-order valence-corrected chi connectivity index (χ0v) is 16.6. The third-order valence-corrected chi connectivity index (χ3v) is 4.83. The van der Waals surface area contributed by atoms with E-state index in [1.807, 2.05) is 36.1 Å². The summed E-state index contributed by atoms with van der Waals surface area (Å²) in [6, 6.07) is 7.48. The summed E-state index contributed by atoms with van der Waals surface area (Å²) in [6.45, 7) is 9.77. The van der Waals surface area contributed by atoms with Crippen LogP contribution in [0.1, 0.15) is 32.4 Å². The Bertz CT molecular complexity index is 598. The van der Waals surface area contributed by atoms with Gasteiger partial charge in [-0.25, -0.2) is 4.79 Å². The van der Waals surface area contributed by atoms with E-state index in [2.05, 4.69) is 29.4 Å². The molecule has 1 fully saturated rings. The molecule has 1 aliphatic rings. The van der Waals surface area contributed by atoms with Crippen molar-refractivity contribution >= 4 is 23.5 Å². The number of likely N-dealkylation sites (N-methyl/N-ethyl adjacent to an activating group) is 1. The highest BCUT2D eigenvalue weighted by Gasteiger charge is 2.25. The van der Waals surface area contributed by atoms with Gasteiger partial charge < -0.3 is 15.5 Å². The highest BCUT2D eigenvalue weighted by atomic mass is 35.5. The molecule has 3 amide bonds. The van der Waals surface area contributed by atoms with E-state index in [0.717, 1.165) is 5.56 Å². The van der Waals surface area contributed by atoms with Crippen LogP contribution in [-0.2, 0) is 4.79 Å². The maximum atomic E-state index is 12.7. The van der Waals surface area contributed by atoms with Crippen molar-refractivity contribution in [2.24, 2.45) is 5.92 Å². The molecule has 0 spiro atoms. The Labute approximate surface area is 160 Å². The zero-order chi connectivity index (χ0) is 19.1. The average molecular weight is 381 g/mol. The molecule has 144 valence electrons. The summed E-state index contributed by atoms with van der Waals surface area (Å²) in [7, 11) is 0. The van der Waals surface area contributed by atoms with Crippen LogP contribution in [0.5, 0.6) is 0 Å². The third kappa shape index (κ3) is 5.88. The first-order chi connectivity index (χ1) is 12.4. The molecule has 1 atom stereocenters. The Morgan fingerprint density at radius 2 is 1.73 bits per heavy atom. The second-order valence-corrected chi connectivity index (χ2v) is 7.38. The number of nitrogens with one attached hydrogen (secondary N) is 2. The van der Waals surface area contributed by atoms with E-state index in [9.17, 15) is 9.59 Å². The second kappa shape index (κ2) is 9.78. The van der Waals surface area contributed by atoms with Crippen molar-refractivity contribution in [2.45, 2.75) is 26.8 Å². The largest absolute Gasteiger partial charge is 0.355 e. The van der Waals surface area contributed by atoms with E-state index >= 15 is 0 Å². The van der Waals surface area contributed by atoms with Gasteiger partial charge in [0, 0.05) is 37.7 Å². The Kier molecular flexibility index (Phi) is 7.72. The molecule has 0 aliphatic carbocycles. The Morgan fingerprint density at radius 3 is 2.27 bits per heavy atom. The van der Waals surface area contributed by atoms with Crippen LogP contribution in [0.15, 0.2) is 24.3 Å². The topological polar surface area (TPSA) is 64.7 Å². The molecule has 2 rings (SSSR count). The highest BCUT2D eigenvalue weighted by molar-refractivity contribution is 6.30. The molecule has 1 heterocycles. The standard InChI is InChI=1S/C19H29ClN4O2/c1-4-21-17(25)13-23-9-11-24(12-10-23)19(26)22-18(14(2)3)15-5-7-16(20)8-6-15/h5-8,14,18H,4,9-13H2,1-3H3,(H,21,25)(H,22,26). The second-order valence-electron chi connectivity index (χ2n) is 6.94. The van der Waals surface area contributed by atoms with Crippen LogP contribution < -0.4 is 10.6 Å². The minimum atomic E-state index is -0.0619. The van der Waals surface area contributed by atoms with Crippen molar-refractivity contribution in [3.05, 3.63) is 34.9 Å². The predicted octanol–water partition coefficient (Wildman–Crippen LogP) is 2.50. The molecule has 1 aromatic carbocycles. The molecule has 1 aliphatic heterocycles. The van der Waals surface area contributed by atoms with Crippen molar-refractivity contribution in [3.8, 4) is 0 Å². The molecule has 26 heavy (non-hydrogen) atoms. The number of halogens is 1. The lowest BCUT2D eigenvalue weighted by Gasteiger charge is -2.35. The number of amides is 3. The van der Waals surface area contributed by atoms with E-state index < -0.39 is 0 Å². The van der Waals surface area contributed by atoms with Gasteiger partial charge >= 0.3 is 6.03 Å². The SMILES string of the molecule is CCNC(=O)CN1CCN(C(=O)NC(c2ccc(Cl)cc2)C(C)C)CC1. The summed E-state index contributed by atoms with van der Waals surface area (Å²) >= 11 is 5.96. The summed E-state index contributed by atoms with van der Waals surface area (Å²) in [4.78, 5) is 28.2. The number of benzene rings is 1. The van der Waals surface area contributed by atoms with Gasteiger partial charge in [0.15, 0.2) is 0 Å². The summed E-state index contributed by atoms with van der Waals surface area (Å²) in [5.74, 6) is 0.298. The first-order valence-electron chi connectivity index (χ1n) is 9.20. The van der Waals surface area contributed by atoms with Crippen LogP contribution in [0.3, 0.4) is 0 Å². The van der Waals surface area contributed by atoms with E-state index in [1.165, 1.54) is 0 Å². The summed E-state index contributed by atoms with van der Waals surface area (Å²) in [5.41, 5.74) is 1.05. The molecule has 7 heteroatoms. The highest BCUT2D eigenvalue weighted by Crippen LogP contribution is 2.23. The molecule has 2 N–H and O–H groups in total. The van der Waals surface area contributed by atoms with Crippen LogP contribution in [0.2, 0.25) is 5.02 Å². The van der Waals surface area contributed by atoms with Crippen molar-refractivity contribution < 1.29 is 9.59 Å². The maximum Gasteiger partial charge on any atom is 0.317 e. The summed E-state index contributed by atoms with van der Waals surface area (Å²) in [5, 5.41) is 6.63. The Morgan fingerprint density at radius 1 is 1.12 bits per heavy atom. The van der Waals surface area contributed by atoms with E-state index in [4.69, 9.17) is 11.6 Å². The third-order valence-electron chi connectivity index (χ3n) is 4.58. The molecule has 0 aromatic heterocycles. The lowest BCUT2D eigenvalue weighted by atomic mass is 9.96. The molecule has 0 saturated carbocycles. The molecule has 1 unspecified atom stereocenters. The van der Waals surface area contributed by atoms with Gasteiger partial charge in [-0.05, 0) is 30.5 Å². The van der Waals surface area contributed by atoms with Gasteiger partial charge in [0.05, 0.1) is 12.6 Å². The number of hydrogen-bond donors (Lipinski definition) is 2. The molecule has 1 saturated heterocycles. The fourth-order valence-electron chi connectivity index (χ4n) is 3.09. The van der Waals surface area contributed by atoms with Crippen LogP contribution >= 0.6 is 11.6 Å². The molecule has 1 aromatic rings. The van der Waals surface area contributed by atoms with Crippen LogP contribution in [0.25, 0.3) is 0 Å². The number of carbonyl (C=O) groups excluding carboxylic acids is 2. The van der Waals surface area contributed by atoms with Crippen molar-refractivity contribution in [2.75, 3.05) is 39.3 Å². The van der Waals surface area contributed by atoms with Gasteiger partial charge in [0.25, 0.3) is 0 Å². The smallest absolute Gasteiger partial charge is 0.317 e. The number of hydrogen-bond acceptors (Lipinski definition) is 3. The minimum Gasteiger partial charge on any atom is -0.355 e. The van der Waals surface area contributed by atoms with Gasteiger partial charge in [-0.2, -0.15) is 0 Å². The van der Waals surface area contributed by atoms with Crippen LogP contribution in [0, 0.1) is 5.92 Å². The Balaban J connectivity index is 1.88. The van der Waals surface area contributed by atoms with Crippen molar-refractivity contribution in [3.63, 3.8) is 0 Å². The lowest BCUT2D eigenvalue weighted by Crippen LogP contribution is -2.54. The van der Waals surface area contributed by atoms with Crippen LogP contribution in [-0.4, -0.2) is 61.0 Å². The number of carbonyl (C=O) groups is 2. The van der Waals surface area contributed by atoms with Crippen LogP contribution in [0.4, 0.5) is 4.79 Å². The van der Waals surface area contributed by atoms with Gasteiger partial charge in [-0.1, -0.05) is 37.6 Å². The maximum absolute atomic E-state index is 12.7. The van der Waals surface area contributed by atoms with E-state index in [-0.39, 0.29) is 23.9 Å². The number of rotatable bonds is 6. The minimum absolute atomic E-state index is 0.0352. The number of urea groups is 1. The predicted molar refractivity (Wildman–Crippen MR) is 104 cm³/mol. The van der Waals surface area contributed by atoms with Gasteiger partial charge in [0.1, 0.15) is 0 Å². The molecule has 0 bridgehead atoms. The van der Waals surface area contributed by atoms with E-state index in [1.54, 1.807) is 0 Å². The van der Waals surface area contributed by atoms with Gasteiger partial charge in [-0.3, -0.25) is 9.69 Å². The van der Waals surface area contributed by atoms with Crippen molar-refractivity contribution in [1.82, 2.24) is 20.4 Å². The quantitative estimate of drug-likeness (QED) is 0.796. The summed E-state index contributed by atoms with van der Waals surface area (Å²) in [6.07, 6.45) is 0. The normalized spacial score (nSPS) is 16.4. The first kappa shape index (κ1) is 20.5. The average Bonchev–Trinajstić information content (AvgIpc) is 2.61. The van der Waals surface area contributed by atoms with E-state index in [0.29, 0.717) is 44.3 Å². The monoisotopic (exact) mass is 380 g/mol. The van der Waals surface area contributed by atoms with Gasteiger partial charge in [0.2, 0.25) is 5.91 Å². The molecular formula is C19H29ClN4O2. The number of nitrogens with zero attached hydrogens (tertiary/aromatic N) is 2. The fourth-order valence-corrected chi connectivity index (χ4v) is 3.22. The fraction of sp³-hybridized carbons (Fsp3) is 0.579. The number of piperazine rings is 1. The first-order valence-corrected chi connectivity index (χ1v) is 9.58. The molecular weight excluding hydrogens is 352 g/mol. The van der Waals surface area contributed by atoms with Crippen molar-refractivity contribution in [1.29, 1.82) is 0 Å². The zero-order valence-electron chi connectivity index (χ0n) is 15.8. The van der Waals surface area contributed by atoms with Gasteiger partial charge in [-0.15, -0.1) is 0 Å². The summed E-state index contributed by atoms with van der Waals surface area (Å²) < 4.78 is 0. The Hall–Kier alpha value is -1.79. The lowest BCUT2D eigenvalue weighted by molar-refractivity contribution is -0.122. The molecule has 0 radical (unpaired) electrons.